The number of likely N-dealkylation sites (tertiary alicyclic amines) is 2. The lowest BCUT2D eigenvalue weighted by molar-refractivity contribution is -0.150. The van der Waals surface area contributed by atoms with Gasteiger partial charge in [0, 0.05) is 26.2 Å². The quantitative estimate of drug-likeness (QED) is 0.801. The highest BCUT2D eigenvalue weighted by molar-refractivity contribution is 5.88. The predicted molar refractivity (Wildman–Crippen MR) is 96.6 cm³/mol. The third kappa shape index (κ3) is 3.96. The van der Waals surface area contributed by atoms with Gasteiger partial charge in [0.25, 0.3) is 0 Å². The Morgan fingerprint density at radius 2 is 1.58 bits per heavy atom. The van der Waals surface area contributed by atoms with E-state index in [0.717, 1.165) is 45.2 Å². The first-order valence-corrected chi connectivity index (χ1v) is 10.0. The smallest absolute Gasteiger partial charge is 0.329 e. The van der Waals surface area contributed by atoms with Crippen molar-refractivity contribution in [2.75, 3.05) is 26.2 Å². The SMILES string of the molecule is CC1CCC(NC(=O)C2CCCN(C(=O)N3CCCC3)C2)(C(=O)O)CC1. The Morgan fingerprint density at radius 3 is 2.19 bits per heavy atom. The topological polar surface area (TPSA) is 90.0 Å². The van der Waals surface area contributed by atoms with E-state index in [-0.39, 0.29) is 17.9 Å². The molecule has 3 rings (SSSR count). The van der Waals surface area contributed by atoms with Crippen LogP contribution in [-0.4, -0.2) is 64.5 Å². The molecule has 2 aliphatic heterocycles. The minimum absolute atomic E-state index is 0.0273. The summed E-state index contributed by atoms with van der Waals surface area (Å²) in [6.07, 6.45) is 6.19. The number of carboxylic acid groups (broad SMARTS) is 1. The number of hydrogen-bond donors (Lipinski definition) is 2. The lowest BCUT2D eigenvalue weighted by Gasteiger charge is -2.39. The van der Waals surface area contributed by atoms with E-state index >= 15 is 0 Å². The highest BCUT2D eigenvalue weighted by Gasteiger charge is 2.44. The van der Waals surface area contributed by atoms with Gasteiger partial charge in [-0.15, -0.1) is 0 Å². The summed E-state index contributed by atoms with van der Waals surface area (Å²) < 4.78 is 0. The van der Waals surface area contributed by atoms with Crippen LogP contribution in [-0.2, 0) is 9.59 Å². The third-order valence-corrected chi connectivity index (χ3v) is 6.34. The number of piperidine rings is 1. The molecule has 2 heterocycles. The van der Waals surface area contributed by atoms with Gasteiger partial charge in [0.1, 0.15) is 5.54 Å². The van der Waals surface area contributed by atoms with Crippen molar-refractivity contribution in [3.8, 4) is 0 Å². The van der Waals surface area contributed by atoms with E-state index in [2.05, 4.69) is 12.2 Å². The van der Waals surface area contributed by atoms with Crippen LogP contribution in [0.5, 0.6) is 0 Å². The van der Waals surface area contributed by atoms with Gasteiger partial charge in [0.2, 0.25) is 5.91 Å². The maximum absolute atomic E-state index is 12.8. The number of carbonyl (C=O) groups excluding carboxylic acids is 2. The Hall–Kier alpha value is -1.79. The van der Waals surface area contributed by atoms with Gasteiger partial charge >= 0.3 is 12.0 Å². The van der Waals surface area contributed by atoms with E-state index in [1.165, 1.54) is 0 Å². The molecule has 0 bridgehead atoms. The van der Waals surface area contributed by atoms with Gasteiger partial charge in [-0.2, -0.15) is 0 Å². The molecule has 146 valence electrons. The summed E-state index contributed by atoms with van der Waals surface area (Å²) in [5.41, 5.74) is -1.13. The van der Waals surface area contributed by atoms with Crippen LogP contribution >= 0.6 is 0 Å². The average molecular weight is 365 g/mol. The molecule has 1 aliphatic carbocycles. The number of rotatable bonds is 3. The number of carbonyl (C=O) groups is 3. The Morgan fingerprint density at radius 1 is 0.962 bits per heavy atom. The van der Waals surface area contributed by atoms with Crippen LogP contribution in [0, 0.1) is 11.8 Å². The summed E-state index contributed by atoms with van der Waals surface area (Å²) in [6.45, 7) is 4.80. The molecular formula is C19H31N3O4. The molecule has 0 spiro atoms. The van der Waals surface area contributed by atoms with Crippen molar-refractivity contribution in [3.05, 3.63) is 0 Å². The number of nitrogens with one attached hydrogen (secondary N) is 1. The zero-order chi connectivity index (χ0) is 18.7. The van der Waals surface area contributed by atoms with Crippen molar-refractivity contribution >= 4 is 17.9 Å². The molecule has 7 nitrogen and oxygen atoms in total. The summed E-state index contributed by atoms with van der Waals surface area (Å²) in [5.74, 6) is -0.951. The second-order valence-electron chi connectivity index (χ2n) is 8.32. The van der Waals surface area contributed by atoms with Gasteiger partial charge in [-0.25, -0.2) is 9.59 Å². The van der Waals surface area contributed by atoms with E-state index in [4.69, 9.17) is 0 Å². The fraction of sp³-hybridized carbons (Fsp3) is 0.842. The minimum Gasteiger partial charge on any atom is -0.480 e. The van der Waals surface area contributed by atoms with Crippen molar-refractivity contribution < 1.29 is 19.5 Å². The third-order valence-electron chi connectivity index (χ3n) is 6.34. The second-order valence-corrected chi connectivity index (χ2v) is 8.32. The van der Waals surface area contributed by atoms with Crippen LogP contribution < -0.4 is 5.32 Å². The maximum atomic E-state index is 12.8. The zero-order valence-electron chi connectivity index (χ0n) is 15.7. The first kappa shape index (κ1) is 19.0. The van der Waals surface area contributed by atoms with Gasteiger partial charge in [-0.3, -0.25) is 4.79 Å². The van der Waals surface area contributed by atoms with E-state index in [0.29, 0.717) is 38.3 Å². The first-order chi connectivity index (χ1) is 12.4. The normalized spacial score (nSPS) is 32.3. The van der Waals surface area contributed by atoms with Crippen molar-refractivity contribution in [2.24, 2.45) is 11.8 Å². The van der Waals surface area contributed by atoms with Crippen LogP contribution in [0.4, 0.5) is 4.79 Å². The number of aliphatic carboxylic acids is 1. The molecule has 0 aromatic rings. The molecule has 1 unspecified atom stereocenters. The number of carboxylic acids is 1. The Bertz CT molecular complexity index is 551. The van der Waals surface area contributed by atoms with Crippen LogP contribution in [0.2, 0.25) is 0 Å². The van der Waals surface area contributed by atoms with Gasteiger partial charge < -0.3 is 20.2 Å². The molecular weight excluding hydrogens is 334 g/mol. The number of hydrogen-bond acceptors (Lipinski definition) is 3. The largest absolute Gasteiger partial charge is 0.480 e. The van der Waals surface area contributed by atoms with Crippen LogP contribution in [0.3, 0.4) is 0 Å². The number of amides is 3. The van der Waals surface area contributed by atoms with E-state index in [9.17, 15) is 19.5 Å². The van der Waals surface area contributed by atoms with Crippen molar-refractivity contribution in [1.82, 2.24) is 15.1 Å². The maximum Gasteiger partial charge on any atom is 0.329 e. The highest BCUT2D eigenvalue weighted by Crippen LogP contribution is 2.33. The molecule has 7 heteroatoms. The van der Waals surface area contributed by atoms with Crippen molar-refractivity contribution in [2.45, 2.75) is 63.8 Å². The fourth-order valence-electron chi connectivity index (χ4n) is 4.46. The summed E-state index contributed by atoms with van der Waals surface area (Å²) in [6, 6.07) is 0.0273. The molecule has 3 amide bonds. The molecule has 0 aromatic heterocycles. The van der Waals surface area contributed by atoms with Crippen LogP contribution in [0.15, 0.2) is 0 Å². The average Bonchev–Trinajstić information content (AvgIpc) is 3.17. The van der Waals surface area contributed by atoms with E-state index in [1.807, 2.05) is 4.90 Å². The van der Waals surface area contributed by atoms with Gasteiger partial charge in [-0.1, -0.05) is 6.92 Å². The summed E-state index contributed by atoms with van der Waals surface area (Å²) >= 11 is 0. The lowest BCUT2D eigenvalue weighted by atomic mass is 9.76. The standard InChI is InChI=1S/C19H31N3O4/c1-14-6-8-19(9-7-14,17(24)25)20-16(23)15-5-4-12-22(13-15)18(26)21-10-2-3-11-21/h14-15H,2-13H2,1H3,(H,20,23)(H,24,25). The molecule has 0 aromatic carbocycles. The molecule has 26 heavy (non-hydrogen) atoms. The molecule has 3 fully saturated rings. The summed E-state index contributed by atoms with van der Waals surface area (Å²) in [7, 11) is 0. The monoisotopic (exact) mass is 365 g/mol. The Balaban J connectivity index is 1.61. The number of urea groups is 1. The molecule has 2 N–H and O–H groups in total. The van der Waals surface area contributed by atoms with Crippen LogP contribution in [0.1, 0.15) is 58.3 Å². The first-order valence-electron chi connectivity index (χ1n) is 10.0. The zero-order valence-corrected chi connectivity index (χ0v) is 15.7. The van der Waals surface area contributed by atoms with Gasteiger partial charge in [-0.05, 0) is 57.3 Å². The molecule has 3 aliphatic rings. The van der Waals surface area contributed by atoms with Crippen molar-refractivity contribution in [1.29, 1.82) is 0 Å². The fourth-order valence-corrected chi connectivity index (χ4v) is 4.46. The minimum atomic E-state index is -1.13. The van der Waals surface area contributed by atoms with Crippen molar-refractivity contribution in [3.63, 3.8) is 0 Å². The predicted octanol–water partition coefficient (Wildman–Crippen LogP) is 2.06. The van der Waals surface area contributed by atoms with Crippen LogP contribution in [0.25, 0.3) is 0 Å². The van der Waals surface area contributed by atoms with Gasteiger partial charge in [0.15, 0.2) is 0 Å². The second kappa shape index (κ2) is 7.84. The van der Waals surface area contributed by atoms with E-state index in [1.54, 1.807) is 4.90 Å². The Kier molecular flexibility index (Phi) is 5.73. The summed E-state index contributed by atoms with van der Waals surface area (Å²) in [5, 5.41) is 12.6. The van der Waals surface area contributed by atoms with E-state index < -0.39 is 11.5 Å². The highest BCUT2D eigenvalue weighted by atomic mass is 16.4. The number of nitrogens with zero attached hydrogens (tertiary/aromatic N) is 2. The molecule has 2 saturated heterocycles. The molecule has 0 radical (unpaired) electrons. The summed E-state index contributed by atoms with van der Waals surface area (Å²) in [4.78, 5) is 40.9. The van der Waals surface area contributed by atoms with Gasteiger partial charge in [0.05, 0.1) is 5.92 Å². The molecule has 1 saturated carbocycles. The lowest BCUT2D eigenvalue weighted by Crippen LogP contribution is -2.59. The molecule has 1 atom stereocenters. The Labute approximate surface area is 155 Å².